The standard InChI is InChI=1S/C19H18BrClN4O/c1-26-24-16-6-3-10-23-19(16)25-12-8-14(9-13-25)4-2-5-15-7-11-22-18(21)17(15)20/h3-4,6-7,10-11,24H,8-9,12-13H2,1H3. The van der Waals surface area contributed by atoms with E-state index in [2.05, 4.69) is 48.1 Å². The number of hydrogen-bond acceptors (Lipinski definition) is 5. The summed E-state index contributed by atoms with van der Waals surface area (Å²) in [4.78, 5) is 15.8. The van der Waals surface area contributed by atoms with Crippen LogP contribution in [-0.2, 0) is 4.84 Å². The highest BCUT2D eigenvalue weighted by molar-refractivity contribution is 9.10. The topological polar surface area (TPSA) is 50.3 Å². The minimum Gasteiger partial charge on any atom is -0.354 e. The molecule has 26 heavy (non-hydrogen) atoms. The maximum atomic E-state index is 5.98. The van der Waals surface area contributed by atoms with Gasteiger partial charge in [-0.1, -0.05) is 29.0 Å². The Bertz CT molecular complexity index is 865. The summed E-state index contributed by atoms with van der Waals surface area (Å²) in [6.45, 7) is 1.79. The van der Waals surface area contributed by atoms with Crippen LogP contribution in [0.3, 0.4) is 0 Å². The molecule has 0 saturated carbocycles. The lowest BCUT2D eigenvalue weighted by molar-refractivity contribution is 0.271. The van der Waals surface area contributed by atoms with Gasteiger partial charge in [0.15, 0.2) is 5.82 Å². The van der Waals surface area contributed by atoms with Crippen molar-refractivity contribution in [2.24, 2.45) is 0 Å². The van der Waals surface area contributed by atoms with Gasteiger partial charge in [-0.25, -0.2) is 9.97 Å². The molecule has 1 saturated heterocycles. The first-order chi connectivity index (χ1) is 12.7. The number of hydrogen-bond donors (Lipinski definition) is 1. The Morgan fingerprint density at radius 1 is 1.27 bits per heavy atom. The van der Waals surface area contributed by atoms with Gasteiger partial charge >= 0.3 is 0 Å². The monoisotopic (exact) mass is 432 g/mol. The predicted octanol–water partition coefficient (Wildman–Crippen LogP) is 4.44. The van der Waals surface area contributed by atoms with E-state index >= 15 is 0 Å². The lowest BCUT2D eigenvalue weighted by Crippen LogP contribution is -2.31. The van der Waals surface area contributed by atoms with Gasteiger partial charge in [-0.15, -0.1) is 0 Å². The van der Waals surface area contributed by atoms with E-state index in [0.717, 1.165) is 47.5 Å². The van der Waals surface area contributed by atoms with Gasteiger partial charge < -0.3 is 4.90 Å². The predicted molar refractivity (Wildman–Crippen MR) is 108 cm³/mol. The van der Waals surface area contributed by atoms with Crippen LogP contribution >= 0.6 is 27.5 Å². The Kier molecular flexibility index (Phi) is 6.51. The van der Waals surface area contributed by atoms with Crippen LogP contribution in [0.4, 0.5) is 11.5 Å². The van der Waals surface area contributed by atoms with E-state index in [1.54, 1.807) is 19.5 Å². The molecule has 0 atom stereocenters. The number of rotatable bonds is 3. The molecule has 0 radical (unpaired) electrons. The van der Waals surface area contributed by atoms with Crippen molar-refractivity contribution in [3.05, 3.63) is 57.4 Å². The highest BCUT2D eigenvalue weighted by atomic mass is 79.9. The van der Waals surface area contributed by atoms with Crippen LogP contribution in [-0.4, -0.2) is 30.2 Å². The number of nitrogens with one attached hydrogen (secondary N) is 1. The Hall–Kier alpha value is -2.07. The molecule has 1 N–H and O–H groups in total. The van der Waals surface area contributed by atoms with Crippen molar-refractivity contribution in [1.29, 1.82) is 0 Å². The molecule has 7 heteroatoms. The summed E-state index contributed by atoms with van der Waals surface area (Å²) < 4.78 is 0.732. The van der Waals surface area contributed by atoms with Crippen molar-refractivity contribution in [3.8, 4) is 11.8 Å². The second kappa shape index (κ2) is 9.04. The van der Waals surface area contributed by atoms with Crippen LogP contribution in [0.1, 0.15) is 18.4 Å². The molecule has 134 valence electrons. The molecule has 0 amide bonds. The third-order valence-corrected chi connectivity index (χ3v) is 5.35. The number of piperidine rings is 1. The van der Waals surface area contributed by atoms with Gasteiger partial charge in [-0.3, -0.25) is 10.3 Å². The van der Waals surface area contributed by atoms with Gasteiger partial charge in [0.25, 0.3) is 0 Å². The maximum absolute atomic E-state index is 5.98. The van der Waals surface area contributed by atoms with E-state index in [-0.39, 0.29) is 0 Å². The molecule has 0 aromatic carbocycles. The first-order valence-corrected chi connectivity index (χ1v) is 9.34. The third kappa shape index (κ3) is 4.55. The molecule has 2 aromatic rings. The Morgan fingerprint density at radius 2 is 2.08 bits per heavy atom. The summed E-state index contributed by atoms with van der Waals surface area (Å²) in [5.41, 5.74) is 5.93. The van der Waals surface area contributed by atoms with Crippen LogP contribution in [0.2, 0.25) is 5.15 Å². The fourth-order valence-corrected chi connectivity index (χ4v) is 3.21. The summed E-state index contributed by atoms with van der Waals surface area (Å²) >= 11 is 9.40. The summed E-state index contributed by atoms with van der Waals surface area (Å²) in [6.07, 6.45) is 7.36. The van der Waals surface area contributed by atoms with Crippen molar-refractivity contribution < 1.29 is 4.84 Å². The van der Waals surface area contributed by atoms with Crippen molar-refractivity contribution >= 4 is 39.0 Å². The summed E-state index contributed by atoms with van der Waals surface area (Å²) in [7, 11) is 1.60. The van der Waals surface area contributed by atoms with Gasteiger partial charge in [-0.2, -0.15) is 0 Å². The molecular formula is C19H18BrClN4O. The number of anilines is 2. The first-order valence-electron chi connectivity index (χ1n) is 8.17. The minimum atomic E-state index is 0.425. The van der Waals surface area contributed by atoms with Crippen LogP contribution in [0.5, 0.6) is 0 Å². The molecule has 3 heterocycles. The van der Waals surface area contributed by atoms with Crippen molar-refractivity contribution in [1.82, 2.24) is 9.97 Å². The molecule has 5 nitrogen and oxygen atoms in total. The van der Waals surface area contributed by atoms with Gasteiger partial charge in [0.2, 0.25) is 0 Å². The Morgan fingerprint density at radius 3 is 2.85 bits per heavy atom. The average Bonchev–Trinajstić information content (AvgIpc) is 2.67. The van der Waals surface area contributed by atoms with Crippen LogP contribution in [0.15, 0.2) is 46.7 Å². The minimum absolute atomic E-state index is 0.425. The number of pyridine rings is 2. The molecule has 1 aliphatic rings. The highest BCUT2D eigenvalue weighted by Gasteiger charge is 2.17. The molecule has 2 aromatic heterocycles. The molecule has 1 fully saturated rings. The highest BCUT2D eigenvalue weighted by Crippen LogP contribution is 2.27. The number of nitrogens with zero attached hydrogens (tertiary/aromatic N) is 3. The third-order valence-electron chi connectivity index (χ3n) is 4.03. The Balaban J connectivity index is 1.65. The fraction of sp³-hybridized carbons (Fsp3) is 0.263. The second-order valence-corrected chi connectivity index (χ2v) is 6.85. The van der Waals surface area contributed by atoms with Crippen molar-refractivity contribution in [3.63, 3.8) is 0 Å². The first kappa shape index (κ1) is 18.7. The number of allylic oxidation sites excluding steroid dienone is 1. The average molecular weight is 434 g/mol. The molecule has 0 bridgehead atoms. The van der Waals surface area contributed by atoms with E-state index in [9.17, 15) is 0 Å². The lowest BCUT2D eigenvalue weighted by Gasteiger charge is -2.30. The Labute approximate surface area is 166 Å². The summed E-state index contributed by atoms with van der Waals surface area (Å²) in [5, 5.41) is 0.425. The zero-order chi connectivity index (χ0) is 18.4. The molecule has 0 aliphatic carbocycles. The normalized spacial score (nSPS) is 13.8. The summed E-state index contributed by atoms with van der Waals surface area (Å²) in [5.74, 6) is 7.16. The number of halogens is 2. The van der Waals surface area contributed by atoms with Crippen LogP contribution in [0.25, 0.3) is 0 Å². The van der Waals surface area contributed by atoms with Gasteiger partial charge in [0.1, 0.15) is 10.8 Å². The SMILES string of the molecule is CONc1cccnc1N1CCC(=CC#Cc2ccnc(Cl)c2Br)CC1. The van der Waals surface area contributed by atoms with Crippen LogP contribution in [0, 0.1) is 11.8 Å². The quantitative estimate of drug-likeness (QED) is 0.440. The molecule has 0 unspecified atom stereocenters. The van der Waals surface area contributed by atoms with Gasteiger partial charge in [-0.05, 0) is 53.0 Å². The molecule has 0 spiro atoms. The van der Waals surface area contributed by atoms with Crippen LogP contribution < -0.4 is 10.4 Å². The van der Waals surface area contributed by atoms with Gasteiger partial charge in [0.05, 0.1) is 11.6 Å². The largest absolute Gasteiger partial charge is 0.354 e. The van der Waals surface area contributed by atoms with Crippen molar-refractivity contribution in [2.75, 3.05) is 30.6 Å². The number of aromatic nitrogens is 2. The zero-order valence-electron chi connectivity index (χ0n) is 14.3. The lowest BCUT2D eigenvalue weighted by atomic mass is 10.0. The van der Waals surface area contributed by atoms with Crippen molar-refractivity contribution in [2.45, 2.75) is 12.8 Å². The van der Waals surface area contributed by atoms with E-state index in [1.165, 1.54) is 5.57 Å². The van der Waals surface area contributed by atoms with E-state index in [4.69, 9.17) is 16.4 Å². The second-order valence-electron chi connectivity index (χ2n) is 5.70. The van der Waals surface area contributed by atoms with E-state index < -0.39 is 0 Å². The molecule has 3 rings (SSSR count). The summed E-state index contributed by atoms with van der Waals surface area (Å²) in [6, 6.07) is 5.69. The molecular weight excluding hydrogens is 416 g/mol. The molecule has 1 aliphatic heterocycles. The van der Waals surface area contributed by atoms with E-state index in [0.29, 0.717) is 5.15 Å². The fourth-order valence-electron chi connectivity index (χ4n) is 2.72. The maximum Gasteiger partial charge on any atom is 0.154 e. The van der Waals surface area contributed by atoms with Gasteiger partial charge in [0, 0.05) is 31.0 Å². The zero-order valence-corrected chi connectivity index (χ0v) is 16.6. The smallest absolute Gasteiger partial charge is 0.154 e. The van der Waals surface area contributed by atoms with E-state index in [1.807, 2.05) is 24.3 Å².